The first kappa shape index (κ1) is 18.9. The van der Waals surface area contributed by atoms with Crippen molar-refractivity contribution in [3.05, 3.63) is 29.6 Å². The number of carbonyl (C=O) groups excluding carboxylic acids is 3. The molecule has 2 N–H and O–H groups in total. The number of nitrogens with zero attached hydrogens (tertiary/aromatic N) is 2. The number of aryl methyl sites for hydroxylation is 1. The van der Waals surface area contributed by atoms with Gasteiger partial charge in [0.05, 0.1) is 11.5 Å². The third-order valence-corrected chi connectivity index (χ3v) is 4.37. The van der Waals surface area contributed by atoms with Crippen molar-refractivity contribution < 1.29 is 19.1 Å². The lowest BCUT2D eigenvalue weighted by atomic mass is 9.96. The second-order valence-electron chi connectivity index (χ2n) is 6.78. The largest absolute Gasteiger partial charge is 0.448 e. The van der Waals surface area contributed by atoms with Crippen LogP contribution in [0.5, 0.6) is 0 Å². The van der Waals surface area contributed by atoms with E-state index in [1.165, 1.54) is 6.20 Å². The first-order chi connectivity index (χ1) is 11.8. The summed E-state index contributed by atoms with van der Waals surface area (Å²) in [7, 11) is 0. The molecule has 7 nitrogen and oxygen atoms in total. The lowest BCUT2D eigenvalue weighted by Gasteiger charge is -2.34. The Morgan fingerprint density at radius 1 is 1.32 bits per heavy atom. The summed E-state index contributed by atoms with van der Waals surface area (Å²) >= 11 is 0. The smallest absolute Gasteiger partial charge is 0.340 e. The van der Waals surface area contributed by atoms with Crippen LogP contribution in [0.15, 0.2) is 18.3 Å². The number of aromatic nitrogens is 1. The van der Waals surface area contributed by atoms with Crippen molar-refractivity contribution in [3.63, 3.8) is 0 Å². The van der Waals surface area contributed by atoms with E-state index in [1.54, 1.807) is 17.0 Å². The highest BCUT2D eigenvalue weighted by Gasteiger charge is 2.34. The topological polar surface area (TPSA) is 103 Å². The van der Waals surface area contributed by atoms with Gasteiger partial charge in [0.25, 0.3) is 5.91 Å². The molecule has 0 saturated carbocycles. The Bertz CT molecular complexity index is 642. The summed E-state index contributed by atoms with van der Waals surface area (Å²) in [6, 6.07) is 3.33. The molecule has 2 atom stereocenters. The van der Waals surface area contributed by atoms with Crippen molar-refractivity contribution in [1.29, 1.82) is 0 Å². The number of pyridine rings is 1. The predicted molar refractivity (Wildman–Crippen MR) is 91.5 cm³/mol. The molecule has 1 aromatic heterocycles. The number of likely N-dealkylation sites (tertiary alicyclic amines) is 1. The Balaban J connectivity index is 2.08. The van der Waals surface area contributed by atoms with Crippen LogP contribution in [0.1, 0.15) is 42.7 Å². The fourth-order valence-electron chi connectivity index (χ4n) is 2.83. The van der Waals surface area contributed by atoms with Crippen LogP contribution < -0.4 is 5.73 Å². The van der Waals surface area contributed by atoms with Crippen molar-refractivity contribution in [1.82, 2.24) is 9.88 Å². The lowest BCUT2D eigenvalue weighted by Crippen LogP contribution is -2.50. The third-order valence-electron chi connectivity index (χ3n) is 4.37. The molecular weight excluding hydrogens is 322 g/mol. The summed E-state index contributed by atoms with van der Waals surface area (Å²) in [6.07, 6.45) is 1.92. The van der Waals surface area contributed by atoms with Crippen molar-refractivity contribution in [2.75, 3.05) is 13.1 Å². The highest BCUT2D eigenvalue weighted by Crippen LogP contribution is 2.20. The number of rotatable bonds is 5. The van der Waals surface area contributed by atoms with Crippen LogP contribution in [-0.4, -0.2) is 46.9 Å². The summed E-state index contributed by atoms with van der Waals surface area (Å²) in [5, 5.41) is 0. The molecule has 0 spiro atoms. The van der Waals surface area contributed by atoms with Gasteiger partial charge >= 0.3 is 5.97 Å². The molecule has 25 heavy (non-hydrogen) atoms. The average Bonchev–Trinajstić information content (AvgIpc) is 2.59. The van der Waals surface area contributed by atoms with Gasteiger partial charge in [0.2, 0.25) is 5.91 Å². The van der Waals surface area contributed by atoms with E-state index in [4.69, 9.17) is 10.5 Å². The molecule has 7 heteroatoms. The van der Waals surface area contributed by atoms with E-state index in [9.17, 15) is 14.4 Å². The third kappa shape index (κ3) is 4.78. The summed E-state index contributed by atoms with van der Waals surface area (Å²) in [5.41, 5.74) is 6.46. The number of hydrogen-bond acceptors (Lipinski definition) is 5. The normalized spacial score (nSPS) is 18.7. The number of primary amides is 1. The van der Waals surface area contributed by atoms with Crippen molar-refractivity contribution in [2.24, 2.45) is 17.6 Å². The van der Waals surface area contributed by atoms with Gasteiger partial charge in [-0.2, -0.15) is 0 Å². The zero-order chi connectivity index (χ0) is 18.6. The number of carbonyl (C=O) groups is 3. The molecule has 1 aliphatic rings. The highest BCUT2D eigenvalue weighted by molar-refractivity contribution is 5.92. The zero-order valence-electron chi connectivity index (χ0n) is 14.9. The number of ether oxygens (including phenoxy) is 1. The first-order valence-corrected chi connectivity index (χ1v) is 8.51. The van der Waals surface area contributed by atoms with E-state index in [-0.39, 0.29) is 24.3 Å². The lowest BCUT2D eigenvalue weighted by molar-refractivity contribution is -0.145. The van der Waals surface area contributed by atoms with Gasteiger partial charge in [-0.1, -0.05) is 13.8 Å². The van der Waals surface area contributed by atoms with Gasteiger partial charge in [-0.05, 0) is 37.8 Å². The standard InChI is InChI=1S/C18H25N3O4/c1-11(2)15(25-18(24)13-7-6-12(3)20-9-13)17(23)21-8-4-5-14(10-21)16(19)22/h6-7,9,11,14-15H,4-5,8,10H2,1-3H3,(H2,19,22)/t14-,15+/m0/s1. The Kier molecular flexibility index (Phi) is 6.12. The van der Waals surface area contributed by atoms with E-state index >= 15 is 0 Å². The molecule has 0 unspecified atom stereocenters. The Morgan fingerprint density at radius 2 is 2.04 bits per heavy atom. The molecule has 136 valence electrons. The quantitative estimate of drug-likeness (QED) is 0.809. The minimum atomic E-state index is -0.902. The molecule has 1 aromatic rings. The number of amides is 2. The molecule has 1 fully saturated rings. The fraction of sp³-hybridized carbons (Fsp3) is 0.556. The summed E-state index contributed by atoms with van der Waals surface area (Å²) in [4.78, 5) is 42.2. The van der Waals surface area contributed by atoms with Gasteiger partial charge < -0.3 is 15.4 Å². The van der Waals surface area contributed by atoms with Crippen LogP contribution >= 0.6 is 0 Å². The van der Waals surface area contributed by atoms with Gasteiger partial charge in [-0.25, -0.2) is 4.79 Å². The summed E-state index contributed by atoms with van der Waals surface area (Å²) in [5.74, 6) is -1.80. The van der Waals surface area contributed by atoms with Gasteiger partial charge in [-0.3, -0.25) is 14.6 Å². The average molecular weight is 347 g/mol. The van der Waals surface area contributed by atoms with Gasteiger partial charge in [0, 0.05) is 25.0 Å². The van der Waals surface area contributed by atoms with Crippen molar-refractivity contribution >= 4 is 17.8 Å². The van der Waals surface area contributed by atoms with E-state index in [1.807, 2.05) is 20.8 Å². The Morgan fingerprint density at radius 3 is 2.60 bits per heavy atom. The minimum Gasteiger partial charge on any atom is -0.448 e. The van der Waals surface area contributed by atoms with Gasteiger partial charge in [-0.15, -0.1) is 0 Å². The maximum atomic E-state index is 12.8. The molecule has 0 radical (unpaired) electrons. The fourth-order valence-corrected chi connectivity index (χ4v) is 2.83. The molecule has 0 bridgehead atoms. The van der Waals surface area contributed by atoms with E-state index in [0.29, 0.717) is 24.9 Å². The molecule has 0 aliphatic carbocycles. The molecule has 2 rings (SSSR count). The van der Waals surface area contributed by atoms with Crippen LogP contribution in [0.25, 0.3) is 0 Å². The first-order valence-electron chi connectivity index (χ1n) is 8.51. The molecule has 1 aliphatic heterocycles. The molecule has 1 saturated heterocycles. The number of piperidine rings is 1. The summed E-state index contributed by atoms with van der Waals surface area (Å²) in [6.45, 7) is 6.27. The number of nitrogens with two attached hydrogens (primary N) is 1. The maximum Gasteiger partial charge on any atom is 0.340 e. The number of hydrogen-bond donors (Lipinski definition) is 1. The molecular formula is C18H25N3O4. The molecule has 2 heterocycles. The highest BCUT2D eigenvalue weighted by atomic mass is 16.5. The second-order valence-corrected chi connectivity index (χ2v) is 6.78. The van der Waals surface area contributed by atoms with E-state index in [0.717, 1.165) is 5.69 Å². The Labute approximate surface area is 147 Å². The summed E-state index contributed by atoms with van der Waals surface area (Å²) < 4.78 is 5.46. The predicted octanol–water partition coefficient (Wildman–Crippen LogP) is 1.30. The second kappa shape index (κ2) is 8.09. The van der Waals surface area contributed by atoms with Crippen LogP contribution in [0, 0.1) is 18.8 Å². The van der Waals surface area contributed by atoms with Crippen LogP contribution in [-0.2, 0) is 14.3 Å². The zero-order valence-corrected chi connectivity index (χ0v) is 14.9. The van der Waals surface area contributed by atoms with Gasteiger partial charge in [0.15, 0.2) is 6.10 Å². The SMILES string of the molecule is Cc1ccc(C(=O)O[C@@H](C(=O)N2CCC[C@H](C(N)=O)C2)C(C)C)cn1. The van der Waals surface area contributed by atoms with Crippen molar-refractivity contribution in [3.8, 4) is 0 Å². The van der Waals surface area contributed by atoms with E-state index < -0.39 is 18.0 Å². The van der Waals surface area contributed by atoms with Crippen LogP contribution in [0.4, 0.5) is 0 Å². The molecule has 0 aromatic carbocycles. The van der Waals surface area contributed by atoms with Gasteiger partial charge in [0.1, 0.15) is 0 Å². The van der Waals surface area contributed by atoms with Crippen LogP contribution in [0.2, 0.25) is 0 Å². The minimum absolute atomic E-state index is 0.191. The monoisotopic (exact) mass is 347 g/mol. The maximum absolute atomic E-state index is 12.8. The molecule has 2 amide bonds. The Hall–Kier alpha value is -2.44. The van der Waals surface area contributed by atoms with Crippen molar-refractivity contribution in [2.45, 2.75) is 39.7 Å². The number of esters is 1. The van der Waals surface area contributed by atoms with E-state index in [2.05, 4.69) is 4.98 Å². The van der Waals surface area contributed by atoms with Crippen LogP contribution in [0.3, 0.4) is 0 Å².